The Morgan fingerprint density at radius 3 is 2.39 bits per heavy atom. The first-order valence-corrected chi connectivity index (χ1v) is 7.56. The SMILES string of the molecule is CC(C)Sc1ccc(CC(=O)N2CCCC2)cc1. The molecule has 0 saturated carbocycles. The Hall–Kier alpha value is -0.960. The van der Waals surface area contributed by atoms with Gasteiger partial charge in [0.05, 0.1) is 6.42 Å². The Kier molecular flexibility index (Phi) is 4.70. The lowest BCUT2D eigenvalue weighted by Gasteiger charge is -2.15. The molecule has 1 aliphatic heterocycles. The molecule has 0 radical (unpaired) electrons. The van der Waals surface area contributed by atoms with Crippen LogP contribution >= 0.6 is 11.8 Å². The molecule has 0 aliphatic carbocycles. The first-order chi connectivity index (χ1) is 8.65. The second kappa shape index (κ2) is 6.28. The summed E-state index contributed by atoms with van der Waals surface area (Å²) in [7, 11) is 0. The quantitative estimate of drug-likeness (QED) is 0.776. The number of carbonyl (C=O) groups excluding carboxylic acids is 1. The van der Waals surface area contributed by atoms with Crippen LogP contribution in [0.3, 0.4) is 0 Å². The highest BCUT2D eigenvalue weighted by Crippen LogP contribution is 2.23. The summed E-state index contributed by atoms with van der Waals surface area (Å²) in [4.78, 5) is 15.3. The number of nitrogens with zero attached hydrogens (tertiary/aromatic N) is 1. The van der Waals surface area contributed by atoms with Crippen molar-refractivity contribution in [2.45, 2.75) is 43.3 Å². The minimum absolute atomic E-state index is 0.275. The van der Waals surface area contributed by atoms with Crippen molar-refractivity contribution in [1.82, 2.24) is 4.90 Å². The summed E-state index contributed by atoms with van der Waals surface area (Å²) in [6, 6.07) is 8.41. The van der Waals surface area contributed by atoms with Crippen molar-refractivity contribution in [3.63, 3.8) is 0 Å². The minimum atomic E-state index is 0.275. The van der Waals surface area contributed by atoms with Crippen LogP contribution in [-0.4, -0.2) is 29.1 Å². The van der Waals surface area contributed by atoms with Gasteiger partial charge in [-0.15, -0.1) is 11.8 Å². The summed E-state index contributed by atoms with van der Waals surface area (Å²) in [5.41, 5.74) is 1.13. The first-order valence-electron chi connectivity index (χ1n) is 6.68. The van der Waals surface area contributed by atoms with E-state index in [1.54, 1.807) is 0 Å². The van der Waals surface area contributed by atoms with Gasteiger partial charge in [0.25, 0.3) is 0 Å². The molecule has 2 nitrogen and oxygen atoms in total. The lowest BCUT2D eigenvalue weighted by molar-refractivity contribution is -0.129. The van der Waals surface area contributed by atoms with Crippen LogP contribution in [0.5, 0.6) is 0 Å². The Labute approximate surface area is 114 Å². The zero-order chi connectivity index (χ0) is 13.0. The maximum atomic E-state index is 12.0. The van der Waals surface area contributed by atoms with E-state index in [0.29, 0.717) is 11.7 Å². The number of amides is 1. The van der Waals surface area contributed by atoms with Gasteiger partial charge in [0.15, 0.2) is 0 Å². The number of hydrogen-bond acceptors (Lipinski definition) is 2. The van der Waals surface area contributed by atoms with Gasteiger partial charge in [-0.1, -0.05) is 26.0 Å². The zero-order valence-corrected chi connectivity index (χ0v) is 12.0. The number of likely N-dealkylation sites (tertiary alicyclic amines) is 1. The van der Waals surface area contributed by atoms with Crippen molar-refractivity contribution in [3.05, 3.63) is 29.8 Å². The predicted octanol–water partition coefficient (Wildman–Crippen LogP) is 3.35. The molecule has 0 bridgehead atoms. The van der Waals surface area contributed by atoms with Gasteiger partial charge < -0.3 is 4.90 Å². The van der Waals surface area contributed by atoms with E-state index >= 15 is 0 Å². The zero-order valence-electron chi connectivity index (χ0n) is 11.2. The highest BCUT2D eigenvalue weighted by atomic mass is 32.2. The standard InChI is InChI=1S/C15H21NOS/c1-12(2)18-14-7-5-13(6-8-14)11-15(17)16-9-3-4-10-16/h5-8,12H,3-4,9-11H2,1-2H3. The molecule has 0 spiro atoms. The number of benzene rings is 1. The molecule has 1 amide bonds. The molecule has 98 valence electrons. The maximum Gasteiger partial charge on any atom is 0.226 e. The molecule has 1 heterocycles. The summed E-state index contributed by atoms with van der Waals surface area (Å²) >= 11 is 1.86. The van der Waals surface area contributed by atoms with Gasteiger partial charge in [0.2, 0.25) is 5.91 Å². The van der Waals surface area contributed by atoms with Gasteiger partial charge in [0, 0.05) is 23.2 Å². The summed E-state index contributed by atoms with van der Waals surface area (Å²) < 4.78 is 0. The highest BCUT2D eigenvalue weighted by molar-refractivity contribution is 7.99. The predicted molar refractivity (Wildman–Crippen MR) is 77.0 cm³/mol. The van der Waals surface area contributed by atoms with Crippen LogP contribution in [0.25, 0.3) is 0 Å². The van der Waals surface area contributed by atoms with Crippen molar-refractivity contribution in [2.24, 2.45) is 0 Å². The second-order valence-corrected chi connectivity index (χ2v) is 6.73. The Bertz CT molecular complexity index is 393. The number of thioether (sulfide) groups is 1. The number of rotatable bonds is 4. The molecule has 1 aromatic carbocycles. The van der Waals surface area contributed by atoms with E-state index in [-0.39, 0.29) is 5.91 Å². The third-order valence-electron chi connectivity index (χ3n) is 3.11. The minimum Gasteiger partial charge on any atom is -0.342 e. The maximum absolute atomic E-state index is 12.0. The van der Waals surface area contributed by atoms with Crippen LogP contribution in [0.4, 0.5) is 0 Å². The van der Waals surface area contributed by atoms with Gasteiger partial charge in [-0.3, -0.25) is 4.79 Å². The van der Waals surface area contributed by atoms with Crippen LogP contribution in [0.1, 0.15) is 32.3 Å². The molecule has 2 rings (SSSR count). The summed E-state index contributed by atoms with van der Waals surface area (Å²) in [5.74, 6) is 0.275. The van der Waals surface area contributed by atoms with E-state index in [1.807, 2.05) is 16.7 Å². The molecular formula is C15H21NOS. The molecule has 1 saturated heterocycles. The third kappa shape index (κ3) is 3.77. The molecule has 3 heteroatoms. The van der Waals surface area contributed by atoms with Crippen LogP contribution in [0.15, 0.2) is 29.2 Å². The summed E-state index contributed by atoms with van der Waals surface area (Å²) in [5, 5.41) is 0.599. The van der Waals surface area contributed by atoms with E-state index in [4.69, 9.17) is 0 Å². The number of hydrogen-bond donors (Lipinski definition) is 0. The Morgan fingerprint density at radius 2 is 1.83 bits per heavy atom. The highest BCUT2D eigenvalue weighted by Gasteiger charge is 2.17. The lowest BCUT2D eigenvalue weighted by atomic mass is 10.1. The molecule has 0 N–H and O–H groups in total. The van der Waals surface area contributed by atoms with E-state index in [2.05, 4.69) is 38.1 Å². The Balaban J connectivity index is 1.91. The van der Waals surface area contributed by atoms with Gasteiger partial charge >= 0.3 is 0 Å². The fraction of sp³-hybridized carbons (Fsp3) is 0.533. The summed E-state index contributed by atoms with van der Waals surface area (Å²) in [6.45, 7) is 6.27. The van der Waals surface area contributed by atoms with E-state index in [1.165, 1.54) is 4.90 Å². The van der Waals surface area contributed by atoms with E-state index < -0.39 is 0 Å². The van der Waals surface area contributed by atoms with Crippen molar-refractivity contribution in [1.29, 1.82) is 0 Å². The normalized spacial score (nSPS) is 15.4. The Morgan fingerprint density at radius 1 is 1.22 bits per heavy atom. The molecule has 0 aromatic heterocycles. The average Bonchev–Trinajstić information content (AvgIpc) is 2.84. The van der Waals surface area contributed by atoms with Crippen LogP contribution in [-0.2, 0) is 11.2 Å². The molecule has 18 heavy (non-hydrogen) atoms. The molecular weight excluding hydrogens is 242 g/mol. The monoisotopic (exact) mass is 263 g/mol. The van der Waals surface area contributed by atoms with Crippen molar-refractivity contribution in [2.75, 3.05) is 13.1 Å². The first kappa shape index (κ1) is 13.5. The van der Waals surface area contributed by atoms with Crippen LogP contribution < -0.4 is 0 Å². The van der Waals surface area contributed by atoms with E-state index in [9.17, 15) is 4.79 Å². The fourth-order valence-electron chi connectivity index (χ4n) is 2.21. The van der Waals surface area contributed by atoms with Gasteiger partial charge in [-0.05, 0) is 30.5 Å². The molecule has 0 unspecified atom stereocenters. The van der Waals surface area contributed by atoms with Crippen LogP contribution in [0.2, 0.25) is 0 Å². The van der Waals surface area contributed by atoms with Gasteiger partial charge in [-0.2, -0.15) is 0 Å². The third-order valence-corrected chi connectivity index (χ3v) is 4.12. The largest absolute Gasteiger partial charge is 0.342 e. The molecule has 1 fully saturated rings. The topological polar surface area (TPSA) is 20.3 Å². The van der Waals surface area contributed by atoms with Crippen molar-refractivity contribution < 1.29 is 4.79 Å². The molecule has 0 atom stereocenters. The molecule has 1 aliphatic rings. The number of carbonyl (C=O) groups is 1. The smallest absolute Gasteiger partial charge is 0.226 e. The van der Waals surface area contributed by atoms with Crippen LogP contribution in [0, 0.1) is 0 Å². The van der Waals surface area contributed by atoms with Gasteiger partial charge in [-0.25, -0.2) is 0 Å². The lowest BCUT2D eigenvalue weighted by Crippen LogP contribution is -2.28. The van der Waals surface area contributed by atoms with E-state index in [0.717, 1.165) is 31.5 Å². The molecule has 1 aromatic rings. The average molecular weight is 263 g/mol. The van der Waals surface area contributed by atoms with Gasteiger partial charge in [0.1, 0.15) is 0 Å². The second-order valence-electron chi connectivity index (χ2n) is 5.08. The fourth-order valence-corrected chi connectivity index (χ4v) is 3.05. The van der Waals surface area contributed by atoms with Crippen molar-refractivity contribution in [3.8, 4) is 0 Å². The summed E-state index contributed by atoms with van der Waals surface area (Å²) in [6.07, 6.45) is 2.87. The van der Waals surface area contributed by atoms with Crippen molar-refractivity contribution >= 4 is 17.7 Å².